The summed E-state index contributed by atoms with van der Waals surface area (Å²) in [5.74, 6) is 0.443. The Morgan fingerprint density at radius 3 is 2.31 bits per heavy atom. The van der Waals surface area contributed by atoms with Crippen LogP contribution < -0.4 is 20.7 Å². The summed E-state index contributed by atoms with van der Waals surface area (Å²) < 4.78 is 44.0. The highest BCUT2D eigenvalue weighted by Gasteiger charge is 2.33. The number of methoxy groups -OCH3 is 1. The van der Waals surface area contributed by atoms with E-state index >= 15 is 0 Å². The number of nitrogens with two attached hydrogens (primary N) is 1. The Bertz CT molecular complexity index is 1120. The van der Waals surface area contributed by atoms with Crippen LogP contribution in [0.15, 0.2) is 18.2 Å². The molecule has 9 nitrogen and oxygen atoms in total. The van der Waals surface area contributed by atoms with Crippen LogP contribution in [0, 0.1) is 5.82 Å². The van der Waals surface area contributed by atoms with E-state index in [0.717, 1.165) is 25.7 Å². The molecule has 0 saturated heterocycles. The quantitative estimate of drug-likeness (QED) is 0.531. The van der Waals surface area contributed by atoms with E-state index in [9.17, 15) is 12.8 Å². The fraction of sp³-hybridized carbons (Fsp3) is 0.625. The topological polar surface area (TPSA) is 123 Å². The molecule has 1 aromatic carbocycles. The summed E-state index contributed by atoms with van der Waals surface area (Å²) in [4.78, 5) is 15.3. The number of halogens is 1. The number of aromatic nitrogens is 3. The number of ether oxygens (including phenoxy) is 1. The lowest BCUT2D eigenvalue weighted by atomic mass is 9.93. The number of nitrogens with one attached hydrogen (secondary N) is 1. The maximum absolute atomic E-state index is 14.7. The zero-order chi connectivity index (χ0) is 25.0. The summed E-state index contributed by atoms with van der Waals surface area (Å²) >= 11 is 0. The average Bonchev–Trinajstić information content (AvgIpc) is 3.07. The number of anilines is 4. The Balaban J connectivity index is 1.67. The number of nitrogen functional groups attached to an aromatic ring is 1. The van der Waals surface area contributed by atoms with Crippen LogP contribution in [-0.2, 0) is 9.84 Å². The van der Waals surface area contributed by atoms with E-state index < -0.39 is 15.7 Å². The predicted molar refractivity (Wildman–Crippen MR) is 135 cm³/mol. The minimum Gasteiger partial charge on any atom is -0.494 e. The first kappa shape index (κ1) is 25.4. The summed E-state index contributed by atoms with van der Waals surface area (Å²) in [5.41, 5.74) is 6.65. The first-order chi connectivity index (χ1) is 16.7. The van der Waals surface area contributed by atoms with Crippen LogP contribution in [0.2, 0.25) is 0 Å². The highest BCUT2D eigenvalue weighted by Crippen LogP contribution is 2.36. The Morgan fingerprint density at radius 2 is 1.71 bits per heavy atom. The lowest BCUT2D eigenvalue weighted by Gasteiger charge is -2.36. The maximum Gasteiger partial charge on any atom is 0.236 e. The molecule has 0 amide bonds. The fourth-order valence-corrected chi connectivity index (χ4v) is 6.31. The van der Waals surface area contributed by atoms with Gasteiger partial charge in [-0.3, -0.25) is 0 Å². The van der Waals surface area contributed by atoms with Gasteiger partial charge in [-0.05, 0) is 50.7 Å². The van der Waals surface area contributed by atoms with Gasteiger partial charge in [-0.15, -0.1) is 0 Å². The molecule has 0 aliphatic heterocycles. The number of hydrogen-bond acceptors (Lipinski definition) is 9. The molecule has 0 bridgehead atoms. The molecule has 2 aliphatic rings. The Labute approximate surface area is 206 Å². The minimum absolute atomic E-state index is 0.0786. The molecule has 0 radical (unpaired) electrons. The molecule has 0 atom stereocenters. The monoisotopic (exact) mass is 506 g/mol. The first-order valence-corrected chi connectivity index (χ1v) is 14.3. The zero-order valence-corrected chi connectivity index (χ0v) is 21.2. The van der Waals surface area contributed by atoms with E-state index in [1.165, 1.54) is 32.3 Å². The van der Waals surface area contributed by atoms with E-state index in [-0.39, 0.29) is 29.0 Å². The molecule has 2 saturated carbocycles. The van der Waals surface area contributed by atoms with Crippen LogP contribution in [0.4, 0.5) is 27.9 Å². The summed E-state index contributed by atoms with van der Waals surface area (Å²) in [7, 11) is -1.70. The molecule has 2 aliphatic carbocycles. The van der Waals surface area contributed by atoms with E-state index in [2.05, 4.69) is 15.3 Å². The number of sulfone groups is 1. The van der Waals surface area contributed by atoms with Gasteiger partial charge in [0.25, 0.3) is 0 Å². The first-order valence-electron chi connectivity index (χ1n) is 12.3. The number of nitrogens with zero attached hydrogens (tertiary/aromatic N) is 4. The van der Waals surface area contributed by atoms with Crippen molar-refractivity contribution in [1.29, 1.82) is 0 Å². The van der Waals surface area contributed by atoms with E-state index in [1.807, 2.05) is 4.90 Å². The fourth-order valence-electron chi connectivity index (χ4n) is 5.19. The number of hydrogen-bond donors (Lipinski definition) is 2. The molecule has 11 heteroatoms. The third kappa shape index (κ3) is 6.31. The molecule has 0 unspecified atom stereocenters. The van der Waals surface area contributed by atoms with Gasteiger partial charge in [-0.2, -0.15) is 15.0 Å². The van der Waals surface area contributed by atoms with Crippen LogP contribution in [0.1, 0.15) is 64.2 Å². The van der Waals surface area contributed by atoms with E-state index in [0.29, 0.717) is 43.3 Å². The number of benzene rings is 1. The van der Waals surface area contributed by atoms with Gasteiger partial charge in [0.05, 0.1) is 12.4 Å². The van der Waals surface area contributed by atoms with Crippen molar-refractivity contribution in [2.75, 3.05) is 29.3 Å². The lowest BCUT2D eigenvalue weighted by molar-refractivity contribution is 0.386. The van der Waals surface area contributed by atoms with Gasteiger partial charge in [0.1, 0.15) is 9.84 Å². The Kier molecular flexibility index (Phi) is 7.93. The van der Waals surface area contributed by atoms with Crippen molar-refractivity contribution in [3.63, 3.8) is 0 Å². The van der Waals surface area contributed by atoms with Crippen LogP contribution in [0.3, 0.4) is 0 Å². The summed E-state index contributed by atoms with van der Waals surface area (Å²) in [6.07, 6.45) is 10.4. The van der Waals surface area contributed by atoms with E-state index in [4.69, 9.17) is 15.5 Å². The molecular weight excluding hydrogens is 471 g/mol. The van der Waals surface area contributed by atoms with Crippen molar-refractivity contribution in [3.8, 4) is 5.75 Å². The van der Waals surface area contributed by atoms with Crippen molar-refractivity contribution in [2.45, 2.75) is 81.5 Å². The minimum atomic E-state index is -3.12. The molecule has 192 valence electrons. The highest BCUT2D eigenvalue weighted by molar-refractivity contribution is 7.91. The summed E-state index contributed by atoms with van der Waals surface area (Å²) in [5, 5.41) is 3.05. The van der Waals surface area contributed by atoms with Crippen LogP contribution >= 0.6 is 0 Å². The van der Waals surface area contributed by atoms with Crippen LogP contribution in [-0.4, -0.2) is 54.1 Å². The third-order valence-corrected chi connectivity index (χ3v) is 8.76. The third-order valence-electron chi connectivity index (χ3n) is 7.07. The molecule has 1 heterocycles. The van der Waals surface area contributed by atoms with E-state index in [1.54, 1.807) is 12.1 Å². The second kappa shape index (κ2) is 10.9. The predicted octanol–water partition coefficient (Wildman–Crippen LogP) is 4.23. The standard InChI is InChI=1S/C24H35FN6O3S/c1-34-21-14-11-18(15-20(21)25)31(17-9-12-19(13-10-17)35(2,32)33)24-29-22(26)28-23(30-24)27-16-7-5-3-4-6-8-16/h11,14-17,19H,3-10,12-13H2,1-2H3,(H3,26,27,28,29,30). The highest BCUT2D eigenvalue weighted by atomic mass is 32.2. The SMILES string of the molecule is COc1ccc(N(c2nc(N)nc(NC3CCCCCC3)n2)C2CCC(S(C)(=O)=O)CC2)cc1F. The van der Waals surface area contributed by atoms with Gasteiger partial charge in [-0.1, -0.05) is 25.7 Å². The molecule has 3 N–H and O–H groups in total. The van der Waals surface area contributed by atoms with Crippen molar-refractivity contribution in [1.82, 2.24) is 15.0 Å². The van der Waals surface area contributed by atoms with Gasteiger partial charge >= 0.3 is 0 Å². The van der Waals surface area contributed by atoms with Crippen LogP contribution in [0.5, 0.6) is 5.75 Å². The molecule has 4 rings (SSSR count). The second-order valence-corrected chi connectivity index (χ2v) is 11.9. The van der Waals surface area contributed by atoms with Crippen molar-refractivity contribution >= 4 is 33.4 Å². The molecule has 0 spiro atoms. The lowest BCUT2D eigenvalue weighted by Crippen LogP contribution is -2.39. The summed E-state index contributed by atoms with van der Waals surface area (Å²) in [6, 6.07) is 4.86. The van der Waals surface area contributed by atoms with Gasteiger partial charge in [0.2, 0.25) is 17.8 Å². The number of rotatable bonds is 7. The average molecular weight is 507 g/mol. The summed E-state index contributed by atoms with van der Waals surface area (Å²) in [6.45, 7) is 0. The second-order valence-electron chi connectivity index (χ2n) is 9.60. The van der Waals surface area contributed by atoms with Crippen molar-refractivity contribution < 1.29 is 17.5 Å². The van der Waals surface area contributed by atoms with Crippen molar-refractivity contribution in [3.05, 3.63) is 24.0 Å². The smallest absolute Gasteiger partial charge is 0.236 e. The normalized spacial score (nSPS) is 21.8. The zero-order valence-electron chi connectivity index (χ0n) is 20.4. The largest absolute Gasteiger partial charge is 0.494 e. The van der Waals surface area contributed by atoms with Gasteiger partial charge in [0, 0.05) is 30.1 Å². The molecule has 2 fully saturated rings. The molecule has 2 aromatic rings. The maximum atomic E-state index is 14.7. The van der Waals surface area contributed by atoms with Crippen LogP contribution in [0.25, 0.3) is 0 Å². The molecular formula is C24H35FN6O3S. The van der Waals surface area contributed by atoms with Gasteiger partial charge in [-0.25, -0.2) is 12.8 Å². The molecule has 35 heavy (non-hydrogen) atoms. The van der Waals surface area contributed by atoms with Gasteiger partial charge < -0.3 is 20.7 Å². The van der Waals surface area contributed by atoms with Crippen molar-refractivity contribution in [2.24, 2.45) is 0 Å². The molecule has 1 aromatic heterocycles. The van der Waals surface area contributed by atoms with Gasteiger partial charge in [0.15, 0.2) is 11.6 Å². The Hall–Kier alpha value is -2.69. The Morgan fingerprint density at radius 1 is 1.03 bits per heavy atom.